The molecule has 4 rings (SSSR count). The van der Waals surface area contributed by atoms with Gasteiger partial charge in [-0.15, -0.1) is 0 Å². The van der Waals surface area contributed by atoms with E-state index in [2.05, 4.69) is 37.0 Å². The molecule has 0 fully saturated rings. The molecule has 0 aliphatic heterocycles. The van der Waals surface area contributed by atoms with Crippen molar-refractivity contribution in [2.75, 3.05) is 0 Å². The summed E-state index contributed by atoms with van der Waals surface area (Å²) in [6.45, 7) is 2.18. The zero-order chi connectivity index (χ0) is 22.9. The summed E-state index contributed by atoms with van der Waals surface area (Å²) in [5, 5.41) is 0. The molecule has 0 saturated carbocycles. The van der Waals surface area contributed by atoms with Gasteiger partial charge in [-0.25, -0.2) is 8.78 Å². The van der Waals surface area contributed by atoms with Crippen molar-refractivity contribution < 1.29 is 22.0 Å². The highest BCUT2D eigenvalue weighted by Gasteiger charge is 2.37. The Morgan fingerprint density at radius 1 is 0.781 bits per heavy atom. The van der Waals surface area contributed by atoms with Gasteiger partial charge in [-0.2, -0.15) is 13.2 Å². The maximum atomic E-state index is 13.8. The third kappa shape index (κ3) is 4.55. The van der Waals surface area contributed by atoms with Gasteiger partial charge in [0.25, 0.3) is 0 Å². The second-order valence-electron chi connectivity index (χ2n) is 8.03. The molecule has 0 unspecified atom stereocenters. The van der Waals surface area contributed by atoms with Gasteiger partial charge in [0.05, 0.1) is 0 Å². The lowest BCUT2D eigenvalue weighted by atomic mass is 9.83. The number of unbranched alkanes of at least 4 members (excludes halogenated alkanes) is 1. The molecule has 1 aliphatic carbocycles. The number of hydrogen-bond acceptors (Lipinski definition) is 0. The van der Waals surface area contributed by atoms with Crippen molar-refractivity contribution in [2.24, 2.45) is 0 Å². The first-order chi connectivity index (χ1) is 15.3. The highest BCUT2D eigenvalue weighted by atomic mass is 19.4. The summed E-state index contributed by atoms with van der Waals surface area (Å²) in [5.74, 6) is 2.06. The van der Waals surface area contributed by atoms with Crippen LogP contribution < -0.4 is 0 Å². The summed E-state index contributed by atoms with van der Waals surface area (Å²) in [4.78, 5) is 0. The number of aryl methyl sites for hydroxylation is 3. The zero-order valence-corrected chi connectivity index (χ0v) is 17.5. The van der Waals surface area contributed by atoms with Gasteiger partial charge in [-0.05, 0) is 77.8 Å². The van der Waals surface area contributed by atoms with Crippen LogP contribution in [0.25, 0.3) is 11.1 Å². The smallest absolute Gasteiger partial charge is 0.206 e. The van der Waals surface area contributed by atoms with Gasteiger partial charge in [0.2, 0.25) is 0 Å². The lowest BCUT2D eigenvalue weighted by molar-refractivity contribution is -0.142. The molecule has 3 aromatic rings. The predicted octanol–water partition coefficient (Wildman–Crippen LogP) is 7.49. The Morgan fingerprint density at radius 3 is 2.00 bits per heavy atom. The van der Waals surface area contributed by atoms with E-state index in [1.165, 1.54) is 23.1 Å². The monoisotopic (exact) mass is 440 g/mol. The molecular formula is C27H21F5. The molecule has 5 heteroatoms. The molecular weight excluding hydrogens is 419 g/mol. The molecule has 0 amide bonds. The van der Waals surface area contributed by atoms with E-state index in [1.807, 2.05) is 18.2 Å². The molecule has 0 aromatic heterocycles. The maximum absolute atomic E-state index is 13.8. The van der Waals surface area contributed by atoms with E-state index in [4.69, 9.17) is 0 Å². The van der Waals surface area contributed by atoms with Gasteiger partial charge in [0, 0.05) is 11.1 Å². The highest BCUT2D eigenvalue weighted by Crippen LogP contribution is 2.35. The Hall–Kier alpha value is -3.13. The lowest BCUT2D eigenvalue weighted by Gasteiger charge is -2.21. The normalized spacial score (nSPS) is 12.6. The lowest BCUT2D eigenvalue weighted by Crippen LogP contribution is -2.11. The standard InChI is InChI=1S/C27H21F5/c1-2-3-4-17-7-11-22-20(13-17)9-10-21-14-18(8-12-23(21)22)5-6-19-15-24(28)26(25(29)16-19)27(30,31)32/h7-8,11-16H,2-4,9-10H2,1H3. The number of alkyl halides is 3. The average Bonchev–Trinajstić information content (AvgIpc) is 2.74. The van der Waals surface area contributed by atoms with Crippen LogP contribution in [0.5, 0.6) is 0 Å². The third-order valence-electron chi connectivity index (χ3n) is 5.72. The molecule has 164 valence electrons. The molecule has 3 aromatic carbocycles. The van der Waals surface area contributed by atoms with Crippen molar-refractivity contribution in [1.82, 2.24) is 0 Å². The van der Waals surface area contributed by atoms with Crippen LogP contribution in [0, 0.1) is 23.5 Å². The average molecular weight is 440 g/mol. The SMILES string of the molecule is CCCCc1ccc2c(c1)CCc1cc(C#Cc3cc(F)c(C(F)(F)F)c(F)c3)ccc1-2. The second-order valence-corrected chi connectivity index (χ2v) is 8.03. The number of benzene rings is 3. The van der Waals surface area contributed by atoms with E-state index in [0.717, 1.165) is 36.8 Å². The summed E-state index contributed by atoms with van der Waals surface area (Å²) in [7, 11) is 0. The second kappa shape index (κ2) is 8.78. The van der Waals surface area contributed by atoms with Crippen molar-refractivity contribution in [2.45, 2.75) is 45.2 Å². The van der Waals surface area contributed by atoms with Crippen molar-refractivity contribution in [3.63, 3.8) is 0 Å². The molecule has 0 heterocycles. The van der Waals surface area contributed by atoms with Gasteiger partial charge in [0.15, 0.2) is 0 Å². The van der Waals surface area contributed by atoms with E-state index in [9.17, 15) is 22.0 Å². The molecule has 0 atom stereocenters. The molecule has 0 spiro atoms. The number of rotatable bonds is 3. The Morgan fingerprint density at radius 2 is 1.38 bits per heavy atom. The zero-order valence-electron chi connectivity index (χ0n) is 17.5. The minimum absolute atomic E-state index is 0.143. The number of hydrogen-bond donors (Lipinski definition) is 0. The van der Waals surface area contributed by atoms with Crippen LogP contribution in [0.2, 0.25) is 0 Å². The molecule has 1 aliphatic rings. The van der Waals surface area contributed by atoms with Crippen molar-refractivity contribution in [3.8, 4) is 23.0 Å². The molecule has 0 N–H and O–H groups in total. The summed E-state index contributed by atoms with van der Waals surface area (Å²) < 4.78 is 65.7. The Bertz CT molecular complexity index is 1200. The van der Waals surface area contributed by atoms with Crippen LogP contribution in [0.1, 0.15) is 53.1 Å². The van der Waals surface area contributed by atoms with Crippen LogP contribution in [-0.4, -0.2) is 0 Å². The quantitative estimate of drug-likeness (QED) is 0.292. The van der Waals surface area contributed by atoms with Crippen molar-refractivity contribution in [1.29, 1.82) is 0 Å². The topological polar surface area (TPSA) is 0 Å². The number of fused-ring (bicyclic) bond motifs is 3. The minimum atomic E-state index is -5.09. The van der Waals surface area contributed by atoms with E-state index >= 15 is 0 Å². The fourth-order valence-electron chi connectivity index (χ4n) is 4.12. The van der Waals surface area contributed by atoms with Gasteiger partial charge in [-0.1, -0.05) is 49.5 Å². The summed E-state index contributed by atoms with van der Waals surface area (Å²) in [6.07, 6.45) is 0.106. The van der Waals surface area contributed by atoms with Crippen molar-refractivity contribution in [3.05, 3.63) is 93.5 Å². The molecule has 32 heavy (non-hydrogen) atoms. The summed E-state index contributed by atoms with van der Waals surface area (Å²) >= 11 is 0. The van der Waals surface area contributed by atoms with Crippen LogP contribution in [-0.2, 0) is 25.4 Å². The van der Waals surface area contributed by atoms with Gasteiger partial charge in [-0.3, -0.25) is 0 Å². The van der Waals surface area contributed by atoms with E-state index < -0.39 is 23.4 Å². The summed E-state index contributed by atoms with van der Waals surface area (Å²) in [5.41, 5.74) is 4.78. The number of halogens is 5. The van der Waals surface area contributed by atoms with Crippen LogP contribution in [0.3, 0.4) is 0 Å². The predicted molar refractivity (Wildman–Crippen MR) is 115 cm³/mol. The van der Waals surface area contributed by atoms with Gasteiger partial charge >= 0.3 is 6.18 Å². The Kier molecular flexibility index (Phi) is 6.06. The van der Waals surface area contributed by atoms with Gasteiger partial charge < -0.3 is 0 Å². The highest BCUT2D eigenvalue weighted by molar-refractivity contribution is 5.74. The fraction of sp³-hybridized carbons (Fsp3) is 0.259. The molecule has 0 radical (unpaired) electrons. The van der Waals surface area contributed by atoms with E-state index in [0.29, 0.717) is 17.7 Å². The fourth-order valence-corrected chi connectivity index (χ4v) is 4.12. The first-order valence-corrected chi connectivity index (χ1v) is 10.6. The molecule has 0 nitrogen and oxygen atoms in total. The largest absolute Gasteiger partial charge is 0.422 e. The first kappa shape index (κ1) is 22.1. The molecule has 0 bridgehead atoms. The van der Waals surface area contributed by atoms with E-state index in [-0.39, 0.29) is 5.56 Å². The van der Waals surface area contributed by atoms with Gasteiger partial charge in [0.1, 0.15) is 17.2 Å². The van der Waals surface area contributed by atoms with Crippen LogP contribution in [0.4, 0.5) is 22.0 Å². The molecule has 0 saturated heterocycles. The van der Waals surface area contributed by atoms with Crippen molar-refractivity contribution >= 4 is 0 Å². The Balaban J connectivity index is 1.60. The van der Waals surface area contributed by atoms with Crippen LogP contribution in [0.15, 0.2) is 48.5 Å². The maximum Gasteiger partial charge on any atom is 0.422 e. The van der Waals surface area contributed by atoms with E-state index in [1.54, 1.807) is 0 Å². The Labute approximate surface area is 184 Å². The third-order valence-corrected chi connectivity index (χ3v) is 5.72. The first-order valence-electron chi connectivity index (χ1n) is 10.6. The minimum Gasteiger partial charge on any atom is -0.206 e. The van der Waals surface area contributed by atoms with Crippen LogP contribution >= 0.6 is 0 Å². The summed E-state index contributed by atoms with van der Waals surface area (Å²) in [6, 6.07) is 13.6.